The Kier molecular flexibility index (Phi) is 5.04. The van der Waals surface area contributed by atoms with Gasteiger partial charge in [-0.1, -0.05) is 0 Å². The fraction of sp³-hybridized carbons (Fsp3) is 1.00. The summed E-state index contributed by atoms with van der Waals surface area (Å²) in [7, 11) is 0. The summed E-state index contributed by atoms with van der Waals surface area (Å²) >= 11 is 0. The zero-order valence-corrected chi connectivity index (χ0v) is 9.81. The molecule has 0 unspecified atom stereocenters. The molecule has 1 saturated heterocycles. The third-order valence-corrected chi connectivity index (χ3v) is 2.73. The number of halogens is 6. The van der Waals surface area contributed by atoms with Gasteiger partial charge in [-0.25, -0.2) is 0 Å². The van der Waals surface area contributed by atoms with Gasteiger partial charge in [0.1, 0.15) is 0 Å². The number of hydrogen-bond acceptors (Lipinski definition) is 4. The molecule has 0 aromatic rings. The van der Waals surface area contributed by atoms with Gasteiger partial charge in [-0.2, -0.15) is 26.3 Å². The minimum Gasteiger partial charge on any atom is -0.379 e. The molecule has 1 aliphatic rings. The average molecular weight is 296 g/mol. The van der Waals surface area contributed by atoms with Gasteiger partial charge in [0.2, 0.25) is 0 Å². The van der Waals surface area contributed by atoms with Crippen LogP contribution in [0.2, 0.25) is 0 Å². The Morgan fingerprint density at radius 3 is 1.89 bits per heavy atom. The summed E-state index contributed by atoms with van der Waals surface area (Å²) in [4.78, 5) is 1.64. The summed E-state index contributed by atoms with van der Waals surface area (Å²) < 4.78 is 78.8. The maximum absolute atomic E-state index is 12.3. The highest BCUT2D eigenvalue weighted by molar-refractivity contribution is 4.91. The van der Waals surface area contributed by atoms with E-state index < -0.39 is 24.6 Å². The van der Waals surface area contributed by atoms with Crippen molar-refractivity contribution in [2.45, 2.75) is 18.1 Å². The maximum Gasteiger partial charge on any atom is 0.440 e. The fourth-order valence-electron chi connectivity index (χ4n) is 1.58. The molecule has 10 heteroatoms. The Labute approximate surface area is 105 Å². The van der Waals surface area contributed by atoms with E-state index in [-0.39, 0.29) is 6.54 Å². The van der Waals surface area contributed by atoms with Crippen molar-refractivity contribution in [3.63, 3.8) is 0 Å². The van der Waals surface area contributed by atoms with Crippen molar-refractivity contribution in [2.24, 2.45) is 0 Å². The standard InChI is InChI=1S/C9H14F6N2O2/c10-8(11,12)7(18,9(13,14)15)16-1-2-17-3-5-19-6-4-17/h16,18H,1-6H2. The van der Waals surface area contributed by atoms with Crippen LogP contribution in [0.25, 0.3) is 0 Å². The molecule has 1 rings (SSSR count). The van der Waals surface area contributed by atoms with Crippen LogP contribution in [-0.4, -0.2) is 67.5 Å². The Morgan fingerprint density at radius 1 is 1.00 bits per heavy atom. The number of rotatable bonds is 4. The van der Waals surface area contributed by atoms with E-state index in [0.29, 0.717) is 26.3 Å². The molecule has 0 atom stereocenters. The molecule has 0 radical (unpaired) electrons. The van der Waals surface area contributed by atoms with Gasteiger partial charge in [-0.15, -0.1) is 0 Å². The summed E-state index contributed by atoms with van der Waals surface area (Å²) in [6.07, 6.45) is -11.7. The highest BCUT2D eigenvalue weighted by Crippen LogP contribution is 2.40. The summed E-state index contributed by atoms with van der Waals surface area (Å²) in [5, 5.41) is 9.96. The molecule has 19 heavy (non-hydrogen) atoms. The molecule has 2 N–H and O–H groups in total. The van der Waals surface area contributed by atoms with Gasteiger partial charge in [-0.3, -0.25) is 10.2 Å². The number of nitrogens with one attached hydrogen (secondary N) is 1. The van der Waals surface area contributed by atoms with E-state index in [1.165, 1.54) is 0 Å². The maximum atomic E-state index is 12.3. The first-order valence-corrected chi connectivity index (χ1v) is 5.49. The van der Waals surface area contributed by atoms with Crippen molar-refractivity contribution in [3.05, 3.63) is 0 Å². The second-order valence-electron chi connectivity index (χ2n) is 4.09. The minimum atomic E-state index is -5.84. The highest BCUT2D eigenvalue weighted by atomic mass is 19.4. The van der Waals surface area contributed by atoms with E-state index in [0.717, 1.165) is 5.32 Å². The molecule has 0 aromatic heterocycles. The zero-order valence-electron chi connectivity index (χ0n) is 9.81. The Balaban J connectivity index is 2.55. The quantitative estimate of drug-likeness (QED) is 0.593. The first-order chi connectivity index (χ1) is 8.58. The largest absolute Gasteiger partial charge is 0.440 e. The van der Waals surface area contributed by atoms with Crippen LogP contribution >= 0.6 is 0 Å². The van der Waals surface area contributed by atoms with Crippen molar-refractivity contribution < 1.29 is 36.2 Å². The number of hydrogen-bond donors (Lipinski definition) is 2. The lowest BCUT2D eigenvalue weighted by molar-refractivity contribution is -0.379. The monoisotopic (exact) mass is 296 g/mol. The number of ether oxygens (including phenoxy) is 1. The van der Waals surface area contributed by atoms with Crippen molar-refractivity contribution in [2.75, 3.05) is 39.4 Å². The van der Waals surface area contributed by atoms with E-state index in [4.69, 9.17) is 9.84 Å². The SMILES string of the molecule is OC(NCCN1CCOCC1)(C(F)(F)F)C(F)(F)F. The molecule has 0 bridgehead atoms. The lowest BCUT2D eigenvalue weighted by atomic mass is 10.2. The minimum absolute atomic E-state index is 0.0438. The Bertz CT molecular complexity index is 273. The van der Waals surface area contributed by atoms with Crippen LogP contribution in [-0.2, 0) is 4.74 Å². The van der Waals surface area contributed by atoms with Crippen LogP contribution in [0.4, 0.5) is 26.3 Å². The molecule has 0 spiro atoms. The van der Waals surface area contributed by atoms with Crippen LogP contribution in [0.15, 0.2) is 0 Å². The van der Waals surface area contributed by atoms with Crippen molar-refractivity contribution in [1.29, 1.82) is 0 Å². The molecule has 0 saturated carbocycles. The van der Waals surface area contributed by atoms with Gasteiger partial charge in [0.05, 0.1) is 13.2 Å². The average Bonchev–Trinajstić information content (AvgIpc) is 2.27. The van der Waals surface area contributed by atoms with Gasteiger partial charge >= 0.3 is 18.1 Å². The lowest BCUT2D eigenvalue weighted by Crippen LogP contribution is -2.67. The Hall–Kier alpha value is -0.580. The summed E-state index contributed by atoms with van der Waals surface area (Å²) in [6.45, 7) is 0.926. The molecule has 0 aliphatic carbocycles. The van der Waals surface area contributed by atoms with E-state index in [1.54, 1.807) is 4.90 Å². The summed E-state index contributed by atoms with van der Waals surface area (Å²) in [5.74, 6) is 0. The van der Waals surface area contributed by atoms with Crippen molar-refractivity contribution >= 4 is 0 Å². The lowest BCUT2D eigenvalue weighted by Gasteiger charge is -2.34. The zero-order chi connectivity index (χ0) is 14.7. The molecular formula is C9H14F6N2O2. The van der Waals surface area contributed by atoms with Gasteiger partial charge in [0.25, 0.3) is 0 Å². The first-order valence-electron chi connectivity index (χ1n) is 5.49. The third-order valence-electron chi connectivity index (χ3n) is 2.73. The number of alkyl halides is 6. The second kappa shape index (κ2) is 5.81. The van der Waals surface area contributed by atoms with Crippen molar-refractivity contribution in [1.82, 2.24) is 10.2 Å². The van der Waals surface area contributed by atoms with Crippen LogP contribution in [0.1, 0.15) is 0 Å². The number of nitrogens with zero attached hydrogens (tertiary/aromatic N) is 1. The molecule has 1 aliphatic heterocycles. The second-order valence-corrected chi connectivity index (χ2v) is 4.09. The van der Waals surface area contributed by atoms with Gasteiger partial charge in [0, 0.05) is 26.2 Å². The predicted octanol–water partition coefficient (Wildman–Crippen LogP) is 0.721. The third kappa shape index (κ3) is 3.94. The molecule has 1 heterocycles. The van der Waals surface area contributed by atoms with Crippen molar-refractivity contribution in [3.8, 4) is 0 Å². The normalized spacial score (nSPS) is 19.7. The topological polar surface area (TPSA) is 44.7 Å². The molecule has 114 valence electrons. The highest BCUT2D eigenvalue weighted by Gasteiger charge is 2.70. The fourth-order valence-corrected chi connectivity index (χ4v) is 1.58. The molecule has 1 fully saturated rings. The van der Waals surface area contributed by atoms with E-state index in [1.807, 2.05) is 0 Å². The van der Waals surface area contributed by atoms with Crippen LogP contribution < -0.4 is 5.32 Å². The summed E-state index contributed by atoms with van der Waals surface area (Å²) in [5.41, 5.74) is -4.88. The van der Waals surface area contributed by atoms with E-state index in [2.05, 4.69) is 0 Å². The van der Waals surface area contributed by atoms with Crippen LogP contribution in [0.5, 0.6) is 0 Å². The summed E-state index contributed by atoms with van der Waals surface area (Å²) in [6, 6.07) is 0. The predicted molar refractivity (Wildman–Crippen MR) is 52.3 cm³/mol. The van der Waals surface area contributed by atoms with E-state index in [9.17, 15) is 26.3 Å². The van der Waals surface area contributed by atoms with Crippen LogP contribution in [0.3, 0.4) is 0 Å². The van der Waals surface area contributed by atoms with Gasteiger partial charge < -0.3 is 9.84 Å². The molecule has 4 nitrogen and oxygen atoms in total. The van der Waals surface area contributed by atoms with E-state index >= 15 is 0 Å². The number of morpholine rings is 1. The molecular weight excluding hydrogens is 282 g/mol. The van der Waals surface area contributed by atoms with Crippen LogP contribution in [0, 0.1) is 0 Å². The van der Waals surface area contributed by atoms with Gasteiger partial charge in [-0.05, 0) is 0 Å². The Morgan fingerprint density at radius 2 is 1.47 bits per heavy atom. The number of aliphatic hydroxyl groups is 1. The smallest absolute Gasteiger partial charge is 0.379 e. The molecule has 0 aromatic carbocycles. The molecule has 0 amide bonds. The first kappa shape index (κ1) is 16.5. The van der Waals surface area contributed by atoms with Gasteiger partial charge in [0.15, 0.2) is 0 Å².